The largest absolute Gasteiger partial charge is 0.496 e. The van der Waals surface area contributed by atoms with Crippen molar-refractivity contribution in [3.05, 3.63) is 70.6 Å². The molecule has 6 nitrogen and oxygen atoms in total. The third-order valence-corrected chi connectivity index (χ3v) is 8.45. The Morgan fingerprint density at radius 1 is 1.10 bits per heavy atom. The van der Waals surface area contributed by atoms with Gasteiger partial charge < -0.3 is 20.5 Å². The van der Waals surface area contributed by atoms with Crippen LogP contribution in [-0.2, 0) is 17.4 Å². The lowest BCUT2D eigenvalue weighted by molar-refractivity contribution is -0.140. The van der Waals surface area contributed by atoms with Gasteiger partial charge in [-0.2, -0.15) is 13.2 Å². The Morgan fingerprint density at radius 2 is 1.83 bits per heavy atom. The maximum absolute atomic E-state index is 13.8. The van der Waals surface area contributed by atoms with Crippen molar-refractivity contribution >= 4 is 17.5 Å². The van der Waals surface area contributed by atoms with E-state index in [0.29, 0.717) is 42.2 Å². The van der Waals surface area contributed by atoms with E-state index in [0.717, 1.165) is 42.9 Å². The lowest BCUT2D eigenvalue weighted by Crippen LogP contribution is -2.48. The number of benzene rings is 2. The predicted molar refractivity (Wildman–Crippen MR) is 145 cm³/mol. The van der Waals surface area contributed by atoms with Crippen molar-refractivity contribution in [3.63, 3.8) is 0 Å². The summed E-state index contributed by atoms with van der Waals surface area (Å²) in [5.74, 6) is -2.44. The number of methoxy groups -OCH3 is 1. The first-order valence-corrected chi connectivity index (χ1v) is 14.0. The number of fused-ring (bicyclic) bond motifs is 2. The molecule has 3 aliphatic carbocycles. The van der Waals surface area contributed by atoms with Gasteiger partial charge in [-0.1, -0.05) is 17.7 Å². The SMILES string of the molecule is COc1ccc(CC[C@H](C)O)cc1C(=O)N[C@@H]1C2CCC(/C2=C/C2CC2)[C@@H]1C(=O)Nc1ccc(F)c(C(F)(F)F)c1. The molecular formula is C31H34F4N2O4. The van der Waals surface area contributed by atoms with E-state index in [-0.39, 0.29) is 17.5 Å². The van der Waals surface area contributed by atoms with Crippen LogP contribution in [0.15, 0.2) is 48.0 Å². The third-order valence-electron chi connectivity index (χ3n) is 8.45. The van der Waals surface area contributed by atoms with Crippen LogP contribution in [0.5, 0.6) is 5.75 Å². The summed E-state index contributed by atoms with van der Waals surface area (Å²) in [4.78, 5) is 27.3. The second-order valence-corrected chi connectivity index (χ2v) is 11.4. The minimum atomic E-state index is -4.91. The number of halogens is 4. The van der Waals surface area contributed by atoms with E-state index in [1.807, 2.05) is 6.07 Å². The number of carbonyl (C=O) groups is 2. The smallest absolute Gasteiger partial charge is 0.419 e. The van der Waals surface area contributed by atoms with Gasteiger partial charge in [0.2, 0.25) is 5.91 Å². The van der Waals surface area contributed by atoms with Crippen molar-refractivity contribution in [2.45, 2.75) is 63.8 Å². The molecule has 0 heterocycles. The van der Waals surface area contributed by atoms with Gasteiger partial charge in [0.25, 0.3) is 5.91 Å². The maximum Gasteiger partial charge on any atom is 0.419 e. The van der Waals surface area contributed by atoms with Crippen LogP contribution in [0.25, 0.3) is 0 Å². The molecule has 3 aliphatic rings. The monoisotopic (exact) mass is 574 g/mol. The molecule has 0 saturated heterocycles. The number of nitrogens with one attached hydrogen (secondary N) is 2. The van der Waals surface area contributed by atoms with E-state index in [4.69, 9.17) is 4.74 Å². The Balaban J connectivity index is 1.42. The van der Waals surface area contributed by atoms with Crippen molar-refractivity contribution in [1.29, 1.82) is 0 Å². The van der Waals surface area contributed by atoms with Gasteiger partial charge in [-0.15, -0.1) is 0 Å². The third kappa shape index (κ3) is 6.27. The molecule has 3 fully saturated rings. The molecule has 2 aromatic carbocycles. The van der Waals surface area contributed by atoms with E-state index in [9.17, 15) is 32.3 Å². The summed E-state index contributed by atoms with van der Waals surface area (Å²) in [6, 6.07) is 7.07. The maximum atomic E-state index is 13.8. The van der Waals surface area contributed by atoms with Crippen LogP contribution in [0.4, 0.5) is 23.2 Å². The van der Waals surface area contributed by atoms with Crippen molar-refractivity contribution in [2.24, 2.45) is 23.7 Å². The number of aliphatic hydroxyl groups excluding tert-OH is 1. The zero-order valence-electron chi connectivity index (χ0n) is 22.9. The highest BCUT2D eigenvalue weighted by Gasteiger charge is 2.55. The first-order valence-electron chi connectivity index (χ1n) is 14.0. The standard InChI is InChI=1S/C31H34F4N2O4/c1-16(38)3-4-17-7-12-26(41-2)23(14-17)29(39)37-28-21-10-9-20(22(21)13-18-5-6-18)27(28)30(40)36-19-8-11-25(32)24(15-19)31(33,34)35/h7-8,11-16,18,20-21,27-28,38H,3-6,9-10H2,1-2H3,(H,36,40)(H,37,39)/b22-13-/t16-,20?,21?,27-,28+/m0/s1. The van der Waals surface area contributed by atoms with Gasteiger partial charge in [0, 0.05) is 17.6 Å². The molecule has 0 aliphatic heterocycles. The summed E-state index contributed by atoms with van der Waals surface area (Å²) >= 11 is 0. The van der Waals surface area contributed by atoms with Crippen LogP contribution in [0.1, 0.15) is 60.5 Å². The molecule has 5 rings (SSSR count). The minimum Gasteiger partial charge on any atom is -0.496 e. The molecule has 41 heavy (non-hydrogen) atoms. The molecule has 2 bridgehead atoms. The van der Waals surface area contributed by atoms with Gasteiger partial charge in [0.15, 0.2) is 0 Å². The molecule has 0 radical (unpaired) electrons. The summed E-state index contributed by atoms with van der Waals surface area (Å²) in [6.45, 7) is 1.69. The molecule has 10 heteroatoms. The molecule has 220 valence electrons. The number of hydrogen-bond acceptors (Lipinski definition) is 4. The molecule has 0 aromatic heterocycles. The highest BCUT2D eigenvalue weighted by Crippen LogP contribution is 2.54. The van der Waals surface area contributed by atoms with Crippen molar-refractivity contribution < 1.29 is 37.0 Å². The Morgan fingerprint density at radius 3 is 2.49 bits per heavy atom. The number of carbonyl (C=O) groups excluding carboxylic acids is 2. The summed E-state index contributed by atoms with van der Waals surface area (Å²) in [7, 11) is 1.46. The van der Waals surface area contributed by atoms with E-state index >= 15 is 0 Å². The number of hydrogen-bond donors (Lipinski definition) is 3. The fourth-order valence-electron chi connectivity index (χ4n) is 6.30. The quantitative estimate of drug-likeness (QED) is 0.257. The zero-order valence-corrected chi connectivity index (χ0v) is 22.9. The van der Waals surface area contributed by atoms with Crippen LogP contribution >= 0.6 is 0 Å². The Hall–Kier alpha value is -3.40. The Bertz CT molecular complexity index is 1350. The summed E-state index contributed by atoms with van der Waals surface area (Å²) in [5, 5.41) is 15.3. The van der Waals surface area contributed by atoms with Gasteiger partial charge in [-0.25, -0.2) is 4.39 Å². The van der Waals surface area contributed by atoms with E-state index in [1.165, 1.54) is 7.11 Å². The summed E-state index contributed by atoms with van der Waals surface area (Å²) in [5.41, 5.74) is 0.677. The number of aliphatic hydroxyl groups is 1. The average Bonchev–Trinajstić information content (AvgIpc) is 3.60. The molecule has 3 saturated carbocycles. The minimum absolute atomic E-state index is 0.0660. The summed E-state index contributed by atoms with van der Waals surface area (Å²) < 4.78 is 59.1. The fourth-order valence-corrected chi connectivity index (χ4v) is 6.30. The number of amides is 2. The molecule has 2 unspecified atom stereocenters. The molecule has 5 atom stereocenters. The Kier molecular flexibility index (Phi) is 8.14. The summed E-state index contributed by atoms with van der Waals surface area (Å²) in [6.07, 6.45) is 1.58. The second kappa shape index (κ2) is 11.5. The van der Waals surface area contributed by atoms with Gasteiger partial charge in [0.1, 0.15) is 11.6 Å². The molecular weight excluding hydrogens is 540 g/mol. The lowest BCUT2D eigenvalue weighted by Gasteiger charge is -2.30. The molecule has 2 aromatic rings. The van der Waals surface area contributed by atoms with Crippen molar-refractivity contribution in [1.82, 2.24) is 5.32 Å². The zero-order chi connectivity index (χ0) is 29.5. The lowest BCUT2D eigenvalue weighted by atomic mass is 9.83. The highest BCUT2D eigenvalue weighted by molar-refractivity contribution is 5.99. The molecule has 3 N–H and O–H groups in total. The molecule has 0 spiro atoms. The highest BCUT2D eigenvalue weighted by atomic mass is 19.4. The van der Waals surface area contributed by atoms with E-state index in [1.54, 1.807) is 19.1 Å². The van der Waals surface area contributed by atoms with Crippen LogP contribution in [-0.4, -0.2) is 36.2 Å². The van der Waals surface area contributed by atoms with Crippen molar-refractivity contribution in [2.75, 3.05) is 12.4 Å². The predicted octanol–water partition coefficient (Wildman–Crippen LogP) is 5.90. The van der Waals surface area contributed by atoms with E-state index < -0.39 is 47.4 Å². The van der Waals surface area contributed by atoms with Gasteiger partial charge in [-0.3, -0.25) is 9.59 Å². The Labute approximate surface area is 236 Å². The van der Waals surface area contributed by atoms with Crippen LogP contribution < -0.4 is 15.4 Å². The number of ether oxygens (including phenoxy) is 1. The normalized spacial score (nSPS) is 25.3. The second-order valence-electron chi connectivity index (χ2n) is 11.4. The van der Waals surface area contributed by atoms with E-state index in [2.05, 4.69) is 16.7 Å². The number of allylic oxidation sites excluding steroid dienone is 1. The van der Waals surface area contributed by atoms with Crippen LogP contribution in [0.3, 0.4) is 0 Å². The van der Waals surface area contributed by atoms with Crippen molar-refractivity contribution in [3.8, 4) is 5.75 Å². The fraction of sp³-hybridized carbons (Fsp3) is 0.484. The number of alkyl halides is 3. The number of aryl methyl sites for hydroxylation is 1. The topological polar surface area (TPSA) is 87.7 Å². The number of rotatable bonds is 9. The van der Waals surface area contributed by atoms with Crippen LogP contribution in [0.2, 0.25) is 0 Å². The van der Waals surface area contributed by atoms with Gasteiger partial charge >= 0.3 is 6.18 Å². The molecule has 2 amide bonds. The first-order chi connectivity index (χ1) is 19.5. The van der Waals surface area contributed by atoms with Gasteiger partial charge in [-0.05, 0) is 93.2 Å². The average molecular weight is 575 g/mol. The first kappa shape index (κ1) is 29.1. The number of anilines is 1. The van der Waals surface area contributed by atoms with Gasteiger partial charge in [0.05, 0.1) is 30.3 Å². The van der Waals surface area contributed by atoms with Crippen LogP contribution in [0, 0.1) is 29.5 Å².